The maximum absolute atomic E-state index is 10.9. The summed E-state index contributed by atoms with van der Waals surface area (Å²) in [5.74, 6) is 0. The van der Waals surface area contributed by atoms with Crippen LogP contribution in [0.2, 0.25) is 0 Å². The highest BCUT2D eigenvalue weighted by molar-refractivity contribution is 5.15. The van der Waals surface area contributed by atoms with Crippen LogP contribution in [0.1, 0.15) is 32.3 Å². The van der Waals surface area contributed by atoms with Gasteiger partial charge in [0.1, 0.15) is 0 Å². The van der Waals surface area contributed by atoms with Crippen LogP contribution in [0.25, 0.3) is 0 Å². The fraction of sp³-hybridized carbons (Fsp3) is 0.625. The van der Waals surface area contributed by atoms with Crippen molar-refractivity contribution in [3.05, 3.63) is 35.9 Å². The van der Waals surface area contributed by atoms with Crippen LogP contribution < -0.4 is 5.73 Å². The Bertz CT molecular complexity index is 402. The molecule has 0 aromatic heterocycles. The molecule has 3 N–H and O–H groups in total. The van der Waals surface area contributed by atoms with Crippen LogP contribution in [0.5, 0.6) is 0 Å². The summed E-state index contributed by atoms with van der Waals surface area (Å²) < 4.78 is 0. The van der Waals surface area contributed by atoms with Crippen molar-refractivity contribution in [1.29, 1.82) is 0 Å². The second-order valence-electron chi connectivity index (χ2n) is 6.10. The van der Waals surface area contributed by atoms with Crippen molar-refractivity contribution >= 4 is 0 Å². The zero-order chi connectivity index (χ0) is 13.9. The number of nitrogens with zero attached hydrogens (tertiary/aromatic N) is 1. The normalized spacial score (nSPS) is 27.4. The van der Waals surface area contributed by atoms with E-state index < -0.39 is 5.60 Å². The number of rotatable bonds is 5. The topological polar surface area (TPSA) is 49.5 Å². The number of nitrogens with two attached hydrogens (primary N) is 1. The Morgan fingerprint density at radius 2 is 2.05 bits per heavy atom. The van der Waals surface area contributed by atoms with Crippen molar-refractivity contribution in [3.8, 4) is 0 Å². The van der Waals surface area contributed by atoms with E-state index in [1.54, 1.807) is 0 Å². The molecule has 1 aliphatic rings. The Hall–Kier alpha value is -0.900. The second kappa shape index (κ2) is 5.61. The standard InChI is InChI=1S/C16H26N2O/c1-3-15(2,12-17)16(19)9-10-18(13-16)11-14-7-5-4-6-8-14/h4-8,19H,3,9-13,17H2,1-2H3. The first-order chi connectivity index (χ1) is 9.03. The summed E-state index contributed by atoms with van der Waals surface area (Å²) in [4.78, 5) is 2.33. The van der Waals surface area contributed by atoms with E-state index in [0.717, 1.165) is 32.5 Å². The molecule has 0 radical (unpaired) electrons. The zero-order valence-corrected chi connectivity index (χ0v) is 12.1. The summed E-state index contributed by atoms with van der Waals surface area (Å²) in [6.45, 7) is 7.35. The van der Waals surface area contributed by atoms with E-state index in [1.807, 2.05) is 6.07 Å². The molecule has 0 saturated carbocycles. The Kier molecular flexibility index (Phi) is 4.29. The highest BCUT2D eigenvalue weighted by Gasteiger charge is 2.48. The van der Waals surface area contributed by atoms with E-state index in [4.69, 9.17) is 5.73 Å². The van der Waals surface area contributed by atoms with Crippen LogP contribution in [0.4, 0.5) is 0 Å². The summed E-state index contributed by atoms with van der Waals surface area (Å²) >= 11 is 0. The fourth-order valence-corrected chi connectivity index (χ4v) is 3.00. The molecule has 1 heterocycles. The average Bonchev–Trinajstić information content (AvgIpc) is 2.82. The van der Waals surface area contributed by atoms with Crippen LogP contribution in [0, 0.1) is 5.41 Å². The lowest BCUT2D eigenvalue weighted by atomic mass is 9.71. The van der Waals surface area contributed by atoms with Gasteiger partial charge in [0.15, 0.2) is 0 Å². The van der Waals surface area contributed by atoms with Gasteiger partial charge in [0.2, 0.25) is 0 Å². The summed E-state index contributed by atoms with van der Waals surface area (Å²) in [5.41, 5.74) is 6.38. The minimum Gasteiger partial charge on any atom is -0.388 e. The van der Waals surface area contributed by atoms with Gasteiger partial charge in [0.25, 0.3) is 0 Å². The predicted molar refractivity (Wildman–Crippen MR) is 78.7 cm³/mol. The SMILES string of the molecule is CCC(C)(CN)C1(O)CCN(Cc2ccccc2)C1. The van der Waals surface area contributed by atoms with E-state index in [9.17, 15) is 5.11 Å². The molecular weight excluding hydrogens is 236 g/mol. The van der Waals surface area contributed by atoms with Crippen LogP contribution in [-0.4, -0.2) is 35.2 Å². The molecule has 1 aromatic rings. The van der Waals surface area contributed by atoms with Gasteiger partial charge in [0.05, 0.1) is 5.60 Å². The molecule has 106 valence electrons. The number of hydrogen-bond donors (Lipinski definition) is 2. The van der Waals surface area contributed by atoms with Crippen LogP contribution in [0.3, 0.4) is 0 Å². The van der Waals surface area contributed by atoms with Crippen LogP contribution in [0.15, 0.2) is 30.3 Å². The van der Waals surface area contributed by atoms with E-state index in [-0.39, 0.29) is 5.41 Å². The molecule has 1 aliphatic heterocycles. The quantitative estimate of drug-likeness (QED) is 0.853. The minimum absolute atomic E-state index is 0.182. The van der Waals surface area contributed by atoms with E-state index in [2.05, 4.69) is 43.0 Å². The number of hydrogen-bond acceptors (Lipinski definition) is 3. The monoisotopic (exact) mass is 262 g/mol. The third-order valence-corrected chi connectivity index (χ3v) is 4.93. The van der Waals surface area contributed by atoms with Gasteiger partial charge in [-0.2, -0.15) is 0 Å². The van der Waals surface area contributed by atoms with Gasteiger partial charge < -0.3 is 10.8 Å². The lowest BCUT2D eigenvalue weighted by Gasteiger charge is -2.41. The van der Waals surface area contributed by atoms with Gasteiger partial charge in [-0.3, -0.25) is 4.90 Å². The van der Waals surface area contributed by atoms with Gasteiger partial charge in [-0.15, -0.1) is 0 Å². The fourth-order valence-electron chi connectivity index (χ4n) is 3.00. The molecule has 0 bridgehead atoms. The largest absolute Gasteiger partial charge is 0.388 e. The maximum atomic E-state index is 10.9. The van der Waals surface area contributed by atoms with Gasteiger partial charge in [-0.05, 0) is 18.4 Å². The lowest BCUT2D eigenvalue weighted by molar-refractivity contribution is -0.0646. The van der Waals surface area contributed by atoms with E-state index in [1.165, 1.54) is 5.56 Å². The number of β-amino-alcohol motifs (C(OH)–C–C–N with tert-alkyl or cyclic N) is 1. The van der Waals surface area contributed by atoms with Crippen molar-refractivity contribution in [2.45, 2.75) is 38.8 Å². The molecule has 1 aromatic carbocycles. The highest BCUT2D eigenvalue weighted by atomic mass is 16.3. The van der Waals surface area contributed by atoms with Gasteiger partial charge in [0, 0.05) is 31.6 Å². The molecule has 2 atom stereocenters. The summed E-state index contributed by atoms with van der Waals surface area (Å²) in [6, 6.07) is 10.4. The third-order valence-electron chi connectivity index (χ3n) is 4.93. The molecule has 19 heavy (non-hydrogen) atoms. The maximum Gasteiger partial charge on any atom is 0.0851 e. The molecule has 0 aliphatic carbocycles. The lowest BCUT2D eigenvalue weighted by Crippen LogP contribution is -2.52. The van der Waals surface area contributed by atoms with Crippen molar-refractivity contribution in [1.82, 2.24) is 4.90 Å². The number of likely N-dealkylation sites (tertiary alicyclic amines) is 1. The molecule has 2 rings (SSSR count). The third kappa shape index (κ3) is 2.83. The Balaban J connectivity index is 2.03. The van der Waals surface area contributed by atoms with Gasteiger partial charge in [-0.1, -0.05) is 44.2 Å². The summed E-state index contributed by atoms with van der Waals surface area (Å²) in [6.07, 6.45) is 1.74. The van der Waals surface area contributed by atoms with Crippen LogP contribution >= 0.6 is 0 Å². The first-order valence-corrected chi connectivity index (χ1v) is 7.22. The smallest absolute Gasteiger partial charge is 0.0851 e. The van der Waals surface area contributed by atoms with Crippen LogP contribution in [-0.2, 0) is 6.54 Å². The summed E-state index contributed by atoms with van der Waals surface area (Å²) in [5, 5.41) is 10.9. The number of benzene rings is 1. The predicted octanol–water partition coefficient (Wildman–Crippen LogP) is 2.00. The second-order valence-corrected chi connectivity index (χ2v) is 6.10. The van der Waals surface area contributed by atoms with E-state index in [0.29, 0.717) is 6.54 Å². The van der Waals surface area contributed by atoms with Crippen molar-refractivity contribution < 1.29 is 5.11 Å². The number of aliphatic hydroxyl groups is 1. The van der Waals surface area contributed by atoms with Gasteiger partial charge >= 0.3 is 0 Å². The van der Waals surface area contributed by atoms with Crippen molar-refractivity contribution in [2.24, 2.45) is 11.1 Å². The molecule has 3 nitrogen and oxygen atoms in total. The first-order valence-electron chi connectivity index (χ1n) is 7.22. The van der Waals surface area contributed by atoms with Gasteiger partial charge in [-0.25, -0.2) is 0 Å². The Morgan fingerprint density at radius 3 is 2.63 bits per heavy atom. The minimum atomic E-state index is -0.648. The molecule has 1 fully saturated rings. The Morgan fingerprint density at radius 1 is 1.37 bits per heavy atom. The molecule has 1 saturated heterocycles. The molecule has 3 heteroatoms. The molecule has 2 unspecified atom stereocenters. The van der Waals surface area contributed by atoms with Crippen molar-refractivity contribution in [2.75, 3.05) is 19.6 Å². The zero-order valence-electron chi connectivity index (χ0n) is 12.1. The Labute approximate surface area is 116 Å². The molecule has 0 spiro atoms. The van der Waals surface area contributed by atoms with E-state index >= 15 is 0 Å². The molecule has 0 amide bonds. The first kappa shape index (κ1) is 14.5. The average molecular weight is 262 g/mol. The highest BCUT2D eigenvalue weighted by Crippen LogP contribution is 2.40. The van der Waals surface area contributed by atoms with Crippen molar-refractivity contribution in [3.63, 3.8) is 0 Å². The molecular formula is C16H26N2O. The summed E-state index contributed by atoms with van der Waals surface area (Å²) in [7, 11) is 0.